The van der Waals surface area contributed by atoms with Crippen LogP contribution in [0.3, 0.4) is 0 Å². The molecule has 0 saturated heterocycles. The first-order valence-electron chi connectivity index (χ1n) is 7.12. The smallest absolute Gasteiger partial charge is 0.340 e. The first kappa shape index (κ1) is 17.1. The molecule has 3 N–H and O–H groups in total. The van der Waals surface area contributed by atoms with Gasteiger partial charge in [0.2, 0.25) is 0 Å². The predicted octanol–water partition coefficient (Wildman–Crippen LogP) is 4.21. The molecule has 0 atom stereocenters. The molecule has 2 amide bonds. The Morgan fingerprint density at radius 2 is 1.91 bits per heavy atom. The summed E-state index contributed by atoms with van der Waals surface area (Å²) < 4.78 is 5.81. The Labute approximate surface area is 142 Å². The van der Waals surface area contributed by atoms with Gasteiger partial charge in [-0.2, -0.15) is 0 Å². The number of halogens is 1. The van der Waals surface area contributed by atoms with Crippen molar-refractivity contribution in [3.05, 3.63) is 45.6 Å². The van der Waals surface area contributed by atoms with Crippen LogP contribution in [0.4, 0.5) is 16.3 Å². The lowest BCUT2D eigenvalue weighted by Crippen LogP contribution is -2.20. The zero-order valence-corrected chi connectivity index (χ0v) is 14.7. The first-order valence-corrected chi connectivity index (χ1v) is 7.92. The molecule has 0 spiro atoms. The fraction of sp³-hybridized carbons (Fsp3) is 0.250. The highest BCUT2D eigenvalue weighted by Crippen LogP contribution is 2.24. The van der Waals surface area contributed by atoms with Crippen molar-refractivity contribution in [3.63, 3.8) is 0 Å². The van der Waals surface area contributed by atoms with Crippen LogP contribution in [0.2, 0.25) is 0 Å². The number of ether oxygens (including phenoxy) is 1. The van der Waals surface area contributed by atoms with Gasteiger partial charge in [0, 0.05) is 15.7 Å². The fourth-order valence-corrected chi connectivity index (χ4v) is 2.60. The van der Waals surface area contributed by atoms with Crippen LogP contribution in [0.1, 0.15) is 28.5 Å². The Hall–Kier alpha value is -2.28. The number of amides is 2. The summed E-state index contributed by atoms with van der Waals surface area (Å²) in [6.45, 7) is 5.56. The average molecular weight is 380 g/mol. The van der Waals surface area contributed by atoms with E-state index in [-0.39, 0.29) is 0 Å². The summed E-state index contributed by atoms with van der Waals surface area (Å²) in [6.07, 6.45) is 0. The lowest BCUT2D eigenvalue weighted by molar-refractivity contribution is 0.0525. The third kappa shape index (κ3) is 3.92. The van der Waals surface area contributed by atoms with E-state index in [2.05, 4.69) is 31.5 Å². The fourth-order valence-electron chi connectivity index (χ4n) is 2.21. The van der Waals surface area contributed by atoms with Crippen LogP contribution in [0.15, 0.2) is 28.7 Å². The highest BCUT2D eigenvalue weighted by atomic mass is 79.9. The number of aromatic amines is 1. The number of para-hydroxylation sites is 1. The molecular weight excluding hydrogens is 362 g/mol. The van der Waals surface area contributed by atoms with E-state index in [1.54, 1.807) is 26.8 Å². The highest BCUT2D eigenvalue weighted by Gasteiger charge is 2.20. The normalized spacial score (nSPS) is 10.3. The Bertz CT molecular complexity index is 740. The molecule has 122 valence electrons. The Morgan fingerprint density at radius 3 is 2.57 bits per heavy atom. The molecule has 0 aliphatic heterocycles. The number of hydrogen-bond acceptors (Lipinski definition) is 3. The number of nitrogens with one attached hydrogen (secondary N) is 3. The molecule has 0 unspecified atom stereocenters. The first-order chi connectivity index (χ1) is 10.9. The molecule has 0 bridgehead atoms. The maximum absolute atomic E-state index is 12.1. The van der Waals surface area contributed by atoms with Gasteiger partial charge in [-0.05, 0) is 48.8 Å². The minimum Gasteiger partial charge on any atom is -0.462 e. The summed E-state index contributed by atoms with van der Waals surface area (Å²) >= 11 is 3.37. The summed E-state index contributed by atoms with van der Waals surface area (Å²) in [7, 11) is 0. The molecule has 1 aromatic heterocycles. The van der Waals surface area contributed by atoms with Crippen molar-refractivity contribution >= 4 is 39.4 Å². The molecule has 0 saturated carbocycles. The number of carbonyl (C=O) groups excluding carboxylic acids is 2. The number of hydrogen-bond donors (Lipinski definition) is 3. The van der Waals surface area contributed by atoms with Gasteiger partial charge in [0.25, 0.3) is 0 Å². The topological polar surface area (TPSA) is 83.2 Å². The van der Waals surface area contributed by atoms with Crippen molar-refractivity contribution in [1.82, 2.24) is 4.98 Å². The molecular formula is C16H18BrN3O3. The van der Waals surface area contributed by atoms with Gasteiger partial charge in [-0.1, -0.05) is 12.1 Å². The minimum atomic E-state index is -0.406. The van der Waals surface area contributed by atoms with E-state index in [4.69, 9.17) is 4.74 Å². The second-order valence-corrected chi connectivity index (χ2v) is 5.76. The molecule has 1 aromatic carbocycles. The highest BCUT2D eigenvalue weighted by molar-refractivity contribution is 9.10. The molecule has 0 radical (unpaired) electrons. The van der Waals surface area contributed by atoms with Crippen molar-refractivity contribution in [2.75, 3.05) is 17.2 Å². The number of benzene rings is 1. The van der Waals surface area contributed by atoms with E-state index in [0.29, 0.717) is 34.9 Å². The number of esters is 1. The zero-order valence-electron chi connectivity index (χ0n) is 13.1. The van der Waals surface area contributed by atoms with E-state index in [0.717, 1.165) is 4.47 Å². The average Bonchev–Trinajstić information content (AvgIpc) is 2.76. The second kappa shape index (κ2) is 7.32. The SMILES string of the molecule is CCOC(=O)c1c(C)[nH]c(NC(=O)Nc2ccccc2Br)c1C. The van der Waals surface area contributed by atoms with E-state index in [1.165, 1.54) is 0 Å². The molecule has 0 aliphatic rings. The van der Waals surface area contributed by atoms with Gasteiger partial charge in [-0.25, -0.2) is 9.59 Å². The van der Waals surface area contributed by atoms with Crippen molar-refractivity contribution < 1.29 is 14.3 Å². The molecule has 1 heterocycles. The molecule has 2 aromatic rings. The Kier molecular flexibility index (Phi) is 5.44. The molecule has 23 heavy (non-hydrogen) atoms. The van der Waals surface area contributed by atoms with Crippen molar-refractivity contribution in [2.24, 2.45) is 0 Å². The molecule has 6 nitrogen and oxygen atoms in total. The minimum absolute atomic E-state index is 0.300. The lowest BCUT2D eigenvalue weighted by Gasteiger charge is -2.09. The monoisotopic (exact) mass is 379 g/mol. The van der Waals surface area contributed by atoms with Crippen molar-refractivity contribution in [2.45, 2.75) is 20.8 Å². The summed E-state index contributed by atoms with van der Waals surface area (Å²) in [4.78, 5) is 27.1. The number of anilines is 2. The van der Waals surface area contributed by atoms with E-state index < -0.39 is 12.0 Å². The van der Waals surface area contributed by atoms with Gasteiger partial charge in [0.05, 0.1) is 17.9 Å². The largest absolute Gasteiger partial charge is 0.462 e. The van der Waals surface area contributed by atoms with Crippen LogP contribution in [0.25, 0.3) is 0 Å². The third-order valence-electron chi connectivity index (χ3n) is 3.28. The summed E-state index contributed by atoms with van der Waals surface area (Å²) in [5, 5.41) is 5.45. The molecule has 7 heteroatoms. The van der Waals surface area contributed by atoms with Gasteiger partial charge in [0.1, 0.15) is 5.82 Å². The second-order valence-electron chi connectivity index (χ2n) is 4.90. The summed E-state index contributed by atoms with van der Waals surface area (Å²) in [6, 6.07) is 6.89. The maximum Gasteiger partial charge on any atom is 0.340 e. The van der Waals surface area contributed by atoms with Gasteiger partial charge in [0.15, 0.2) is 0 Å². The quantitative estimate of drug-likeness (QED) is 0.695. The van der Waals surface area contributed by atoms with E-state index >= 15 is 0 Å². The van der Waals surface area contributed by atoms with Gasteiger partial charge in [-0.15, -0.1) is 0 Å². The van der Waals surface area contributed by atoms with Gasteiger partial charge in [-0.3, -0.25) is 5.32 Å². The van der Waals surface area contributed by atoms with Crippen LogP contribution in [-0.2, 0) is 4.74 Å². The Morgan fingerprint density at radius 1 is 1.22 bits per heavy atom. The third-order valence-corrected chi connectivity index (χ3v) is 3.97. The lowest BCUT2D eigenvalue weighted by atomic mass is 10.1. The number of carbonyl (C=O) groups is 2. The molecule has 2 rings (SSSR count). The van der Waals surface area contributed by atoms with Crippen molar-refractivity contribution in [3.8, 4) is 0 Å². The van der Waals surface area contributed by atoms with Crippen LogP contribution < -0.4 is 10.6 Å². The van der Waals surface area contributed by atoms with Crippen LogP contribution >= 0.6 is 15.9 Å². The molecule has 0 fully saturated rings. The van der Waals surface area contributed by atoms with Crippen LogP contribution in [-0.4, -0.2) is 23.6 Å². The van der Waals surface area contributed by atoms with Gasteiger partial charge >= 0.3 is 12.0 Å². The number of urea groups is 1. The predicted molar refractivity (Wildman–Crippen MR) is 93.0 cm³/mol. The van der Waals surface area contributed by atoms with E-state index in [1.807, 2.05) is 18.2 Å². The van der Waals surface area contributed by atoms with Crippen LogP contribution in [0.5, 0.6) is 0 Å². The van der Waals surface area contributed by atoms with E-state index in [9.17, 15) is 9.59 Å². The number of H-pyrrole nitrogens is 1. The summed E-state index contributed by atoms with van der Waals surface area (Å²) in [5.74, 6) is 0.0631. The number of aryl methyl sites for hydroxylation is 1. The summed E-state index contributed by atoms with van der Waals surface area (Å²) in [5.41, 5.74) is 2.39. The zero-order chi connectivity index (χ0) is 17.0. The standard InChI is InChI=1S/C16H18BrN3O3/c1-4-23-15(21)13-9(2)14(18-10(13)3)20-16(22)19-12-8-6-5-7-11(12)17/h5-8,18H,4H2,1-3H3,(H2,19,20,22). The maximum atomic E-state index is 12.1. The van der Waals surface area contributed by atoms with Gasteiger partial charge < -0.3 is 15.0 Å². The van der Waals surface area contributed by atoms with Crippen molar-refractivity contribution in [1.29, 1.82) is 0 Å². The number of rotatable bonds is 4. The molecule has 0 aliphatic carbocycles. The number of aromatic nitrogens is 1. The Balaban J connectivity index is 2.14. The van der Waals surface area contributed by atoms with Crippen LogP contribution in [0, 0.1) is 13.8 Å².